The number of aliphatic imine (C=N–C) groups is 1. The second-order valence-electron chi connectivity index (χ2n) is 6.88. The summed E-state index contributed by atoms with van der Waals surface area (Å²) in [5.74, 6) is 0.219. The van der Waals surface area contributed by atoms with Gasteiger partial charge in [-0.25, -0.2) is 9.38 Å². The summed E-state index contributed by atoms with van der Waals surface area (Å²) in [4.78, 5) is 4.42. The number of hydrogen-bond acceptors (Lipinski definition) is 3. The van der Waals surface area contributed by atoms with Crippen LogP contribution in [0, 0.1) is 22.6 Å². The van der Waals surface area contributed by atoms with Crippen molar-refractivity contribution in [3.63, 3.8) is 0 Å². The van der Waals surface area contributed by atoms with Gasteiger partial charge in [0.2, 0.25) is 0 Å². The molecule has 2 atom stereocenters. The summed E-state index contributed by atoms with van der Waals surface area (Å²) in [6, 6.07) is 6.28. The minimum Gasteiger partial charge on any atom is -0.392 e. The molecule has 0 aliphatic heterocycles. The van der Waals surface area contributed by atoms with E-state index in [0.29, 0.717) is 30.2 Å². The van der Waals surface area contributed by atoms with Gasteiger partial charge in [-0.3, -0.25) is 0 Å². The van der Waals surface area contributed by atoms with Crippen LogP contribution >= 0.6 is 0 Å². The molecule has 136 valence electrons. The third-order valence-corrected chi connectivity index (χ3v) is 4.87. The highest BCUT2D eigenvalue weighted by atomic mass is 19.1. The Bertz CT molecular complexity index is 655. The molecule has 1 saturated carbocycles. The number of guanidine groups is 1. The van der Waals surface area contributed by atoms with Crippen LogP contribution in [0.15, 0.2) is 23.2 Å². The van der Waals surface area contributed by atoms with Gasteiger partial charge in [0.15, 0.2) is 5.96 Å². The minimum absolute atomic E-state index is 0.149. The van der Waals surface area contributed by atoms with E-state index in [1.807, 2.05) is 13.0 Å². The van der Waals surface area contributed by atoms with E-state index in [0.717, 1.165) is 25.7 Å². The summed E-state index contributed by atoms with van der Waals surface area (Å²) in [5, 5.41) is 25.6. The maximum atomic E-state index is 13.9. The fourth-order valence-electron chi connectivity index (χ4n) is 3.14. The molecule has 0 aromatic heterocycles. The number of benzene rings is 1. The molecule has 0 saturated heterocycles. The predicted octanol–water partition coefficient (Wildman–Crippen LogP) is 2.69. The van der Waals surface area contributed by atoms with Crippen LogP contribution in [0.4, 0.5) is 4.39 Å². The van der Waals surface area contributed by atoms with Gasteiger partial charge in [-0.2, -0.15) is 5.26 Å². The number of rotatable bonds is 5. The zero-order chi connectivity index (χ0) is 18.3. The van der Waals surface area contributed by atoms with E-state index >= 15 is 0 Å². The third kappa shape index (κ3) is 5.17. The molecule has 2 rings (SSSR count). The van der Waals surface area contributed by atoms with E-state index in [-0.39, 0.29) is 23.9 Å². The zero-order valence-corrected chi connectivity index (χ0v) is 15.0. The highest BCUT2D eigenvalue weighted by Gasteiger charge is 2.35. The van der Waals surface area contributed by atoms with Crippen LogP contribution < -0.4 is 10.6 Å². The monoisotopic (exact) mass is 346 g/mol. The molecule has 1 aliphatic rings. The molecule has 1 aromatic rings. The maximum absolute atomic E-state index is 13.9. The van der Waals surface area contributed by atoms with Crippen molar-refractivity contribution in [2.45, 2.75) is 52.2 Å². The van der Waals surface area contributed by atoms with Crippen LogP contribution in [-0.2, 0) is 6.54 Å². The molecule has 0 amide bonds. The van der Waals surface area contributed by atoms with E-state index in [2.05, 4.69) is 22.5 Å². The molecule has 1 aliphatic carbocycles. The zero-order valence-electron chi connectivity index (χ0n) is 15.0. The first-order valence-electron chi connectivity index (χ1n) is 8.87. The van der Waals surface area contributed by atoms with Gasteiger partial charge >= 0.3 is 0 Å². The van der Waals surface area contributed by atoms with Crippen LogP contribution in [-0.4, -0.2) is 30.3 Å². The Morgan fingerprint density at radius 3 is 2.92 bits per heavy atom. The molecule has 6 heteroatoms. The molecular formula is C19H27FN4O. The Hall–Kier alpha value is -2.13. The number of nitriles is 1. The Kier molecular flexibility index (Phi) is 6.77. The van der Waals surface area contributed by atoms with E-state index in [1.54, 1.807) is 0 Å². The van der Waals surface area contributed by atoms with Crippen molar-refractivity contribution < 1.29 is 9.50 Å². The van der Waals surface area contributed by atoms with E-state index < -0.39 is 0 Å². The van der Waals surface area contributed by atoms with Gasteiger partial charge in [0.25, 0.3) is 0 Å². The second kappa shape index (κ2) is 8.82. The molecular weight excluding hydrogens is 319 g/mol. The Morgan fingerprint density at radius 2 is 2.24 bits per heavy atom. The Labute approximate surface area is 149 Å². The van der Waals surface area contributed by atoms with Crippen LogP contribution in [0.1, 0.15) is 50.7 Å². The predicted molar refractivity (Wildman–Crippen MR) is 96.5 cm³/mol. The highest BCUT2D eigenvalue weighted by Crippen LogP contribution is 2.35. The lowest BCUT2D eigenvalue weighted by Gasteiger charge is -2.38. The van der Waals surface area contributed by atoms with Crippen molar-refractivity contribution in [1.29, 1.82) is 5.26 Å². The van der Waals surface area contributed by atoms with Gasteiger partial charge in [0.05, 0.1) is 24.3 Å². The average molecular weight is 346 g/mol. The first-order chi connectivity index (χ1) is 12.0. The lowest BCUT2D eigenvalue weighted by Crippen LogP contribution is -2.48. The highest BCUT2D eigenvalue weighted by molar-refractivity contribution is 5.79. The van der Waals surface area contributed by atoms with E-state index in [4.69, 9.17) is 5.26 Å². The Balaban J connectivity index is 2.04. The summed E-state index contributed by atoms with van der Waals surface area (Å²) < 4.78 is 13.9. The van der Waals surface area contributed by atoms with Gasteiger partial charge in [-0.15, -0.1) is 0 Å². The molecule has 25 heavy (non-hydrogen) atoms. The first kappa shape index (κ1) is 19.2. The number of hydrogen-bond donors (Lipinski definition) is 3. The van der Waals surface area contributed by atoms with E-state index in [1.165, 1.54) is 18.2 Å². The van der Waals surface area contributed by atoms with Crippen LogP contribution in [0.2, 0.25) is 0 Å². The fraction of sp³-hybridized carbons (Fsp3) is 0.579. The summed E-state index contributed by atoms with van der Waals surface area (Å²) in [5.41, 5.74) is 0.628. The van der Waals surface area contributed by atoms with Crippen LogP contribution in [0.25, 0.3) is 0 Å². The van der Waals surface area contributed by atoms with E-state index in [9.17, 15) is 9.50 Å². The van der Waals surface area contributed by atoms with Crippen molar-refractivity contribution >= 4 is 5.96 Å². The van der Waals surface area contributed by atoms with Gasteiger partial charge in [0.1, 0.15) is 5.82 Å². The molecule has 1 fully saturated rings. The molecule has 3 N–H and O–H groups in total. The second-order valence-corrected chi connectivity index (χ2v) is 6.88. The lowest BCUT2D eigenvalue weighted by molar-refractivity contribution is 0.00397. The molecule has 0 bridgehead atoms. The number of nitrogens with one attached hydrogen (secondary N) is 2. The topological polar surface area (TPSA) is 80.4 Å². The quantitative estimate of drug-likeness (QED) is 0.566. The first-order valence-corrected chi connectivity index (χ1v) is 8.87. The van der Waals surface area contributed by atoms with Crippen LogP contribution in [0.3, 0.4) is 0 Å². The number of aliphatic hydroxyl groups is 1. The maximum Gasteiger partial charge on any atom is 0.191 e. The standard InChI is InChI=1S/C19H27FN4O/c1-3-22-18(24-13-19(2)9-5-4-6-17(19)25)23-12-15-10-14(11-21)7-8-16(15)20/h7-8,10,17,25H,3-6,9,12-13H2,1-2H3,(H2,22,23,24). The molecule has 5 nitrogen and oxygen atoms in total. The van der Waals surface area contributed by atoms with Gasteiger partial charge in [-0.1, -0.05) is 19.8 Å². The SMILES string of the molecule is CCNC(=NCc1cc(C#N)ccc1F)NCC1(C)CCCCC1O. The van der Waals surface area contributed by atoms with Crippen molar-refractivity contribution in [2.75, 3.05) is 13.1 Å². The molecule has 2 unspecified atom stereocenters. The summed E-state index contributed by atoms with van der Waals surface area (Å²) in [6.45, 7) is 5.50. The normalized spacial score (nSPS) is 23.8. The number of halogens is 1. The smallest absolute Gasteiger partial charge is 0.191 e. The fourth-order valence-corrected chi connectivity index (χ4v) is 3.14. The molecule has 0 radical (unpaired) electrons. The minimum atomic E-state index is -0.367. The lowest BCUT2D eigenvalue weighted by atomic mass is 9.73. The molecule has 0 heterocycles. The largest absolute Gasteiger partial charge is 0.392 e. The summed E-state index contributed by atoms with van der Waals surface area (Å²) >= 11 is 0. The van der Waals surface area contributed by atoms with Gasteiger partial charge < -0.3 is 15.7 Å². The van der Waals surface area contributed by atoms with Crippen LogP contribution in [0.5, 0.6) is 0 Å². The van der Waals surface area contributed by atoms with Crippen molar-refractivity contribution in [3.05, 3.63) is 35.1 Å². The van der Waals surface area contributed by atoms with Crippen molar-refractivity contribution in [3.8, 4) is 6.07 Å². The third-order valence-electron chi connectivity index (χ3n) is 4.87. The number of aliphatic hydroxyl groups excluding tert-OH is 1. The van der Waals surface area contributed by atoms with Crippen molar-refractivity contribution in [1.82, 2.24) is 10.6 Å². The number of nitrogens with zero attached hydrogens (tertiary/aromatic N) is 2. The Morgan fingerprint density at radius 1 is 1.44 bits per heavy atom. The summed E-state index contributed by atoms with van der Waals surface area (Å²) in [6.07, 6.45) is 3.67. The van der Waals surface area contributed by atoms with Gasteiger partial charge in [-0.05, 0) is 38.0 Å². The molecule has 1 aromatic carbocycles. The molecule has 0 spiro atoms. The van der Waals surface area contributed by atoms with Gasteiger partial charge in [0, 0.05) is 24.1 Å². The van der Waals surface area contributed by atoms with Crippen molar-refractivity contribution in [2.24, 2.45) is 10.4 Å². The average Bonchev–Trinajstić information content (AvgIpc) is 2.61. The summed E-state index contributed by atoms with van der Waals surface area (Å²) in [7, 11) is 0.